The molecule has 0 aromatic carbocycles. The quantitative estimate of drug-likeness (QED) is 0.857. The first-order valence-electron chi connectivity index (χ1n) is 6.37. The second kappa shape index (κ2) is 5.61. The van der Waals surface area contributed by atoms with Crippen LogP contribution >= 0.6 is 11.6 Å². The summed E-state index contributed by atoms with van der Waals surface area (Å²) in [6.45, 7) is 7.87. The molecular weight excluding hydrogens is 262 g/mol. The molecule has 0 aliphatic carbocycles. The monoisotopic (exact) mass is 279 g/mol. The molecule has 0 fully saturated rings. The van der Waals surface area contributed by atoms with Crippen LogP contribution in [0, 0.1) is 13.8 Å². The molecule has 0 saturated carbocycles. The highest BCUT2D eigenvalue weighted by molar-refractivity contribution is 6.30. The van der Waals surface area contributed by atoms with Gasteiger partial charge < -0.3 is 9.73 Å². The second-order valence-corrected chi connectivity index (χ2v) is 4.93. The average molecular weight is 280 g/mol. The van der Waals surface area contributed by atoms with Crippen molar-refractivity contribution >= 4 is 17.4 Å². The van der Waals surface area contributed by atoms with Crippen molar-refractivity contribution in [1.82, 2.24) is 9.97 Å². The molecule has 0 bridgehead atoms. The topological polar surface area (TPSA) is 51.0 Å². The SMILES string of the molecule is CCc1nc(Cl)c(C)c(NC(C)c2ccc(C)o2)n1. The molecule has 5 heteroatoms. The van der Waals surface area contributed by atoms with E-state index in [0.29, 0.717) is 5.15 Å². The van der Waals surface area contributed by atoms with Gasteiger partial charge in [-0.15, -0.1) is 0 Å². The summed E-state index contributed by atoms with van der Waals surface area (Å²) in [5.74, 6) is 3.28. The van der Waals surface area contributed by atoms with Gasteiger partial charge in [0.1, 0.15) is 28.3 Å². The normalized spacial score (nSPS) is 12.5. The fraction of sp³-hybridized carbons (Fsp3) is 0.429. The van der Waals surface area contributed by atoms with Gasteiger partial charge in [-0.1, -0.05) is 18.5 Å². The zero-order chi connectivity index (χ0) is 14.0. The number of aromatic nitrogens is 2. The number of nitrogens with one attached hydrogen (secondary N) is 1. The van der Waals surface area contributed by atoms with E-state index in [1.165, 1.54) is 0 Å². The molecule has 0 saturated heterocycles. The number of aryl methyl sites for hydroxylation is 2. The molecule has 0 spiro atoms. The van der Waals surface area contributed by atoms with E-state index in [1.807, 2.05) is 39.8 Å². The highest BCUT2D eigenvalue weighted by Gasteiger charge is 2.14. The minimum Gasteiger partial charge on any atom is -0.464 e. The van der Waals surface area contributed by atoms with Gasteiger partial charge in [-0.3, -0.25) is 0 Å². The molecule has 2 aromatic heterocycles. The lowest BCUT2D eigenvalue weighted by Crippen LogP contribution is -2.10. The van der Waals surface area contributed by atoms with Crippen LogP contribution < -0.4 is 5.32 Å². The highest BCUT2D eigenvalue weighted by Crippen LogP contribution is 2.25. The van der Waals surface area contributed by atoms with Crippen LogP contribution in [0.2, 0.25) is 5.15 Å². The molecular formula is C14H18ClN3O. The van der Waals surface area contributed by atoms with Gasteiger partial charge in [-0.25, -0.2) is 9.97 Å². The van der Waals surface area contributed by atoms with E-state index in [0.717, 1.165) is 35.1 Å². The van der Waals surface area contributed by atoms with Gasteiger partial charge >= 0.3 is 0 Å². The van der Waals surface area contributed by atoms with Crippen LogP contribution in [0.4, 0.5) is 5.82 Å². The smallest absolute Gasteiger partial charge is 0.137 e. The summed E-state index contributed by atoms with van der Waals surface area (Å²) in [4.78, 5) is 8.70. The van der Waals surface area contributed by atoms with E-state index >= 15 is 0 Å². The van der Waals surface area contributed by atoms with Gasteiger partial charge in [-0.05, 0) is 32.9 Å². The summed E-state index contributed by atoms with van der Waals surface area (Å²) in [5.41, 5.74) is 0.856. The van der Waals surface area contributed by atoms with Crippen molar-refractivity contribution < 1.29 is 4.42 Å². The number of hydrogen-bond acceptors (Lipinski definition) is 4. The van der Waals surface area contributed by atoms with Gasteiger partial charge in [0.2, 0.25) is 0 Å². The molecule has 2 aromatic rings. The predicted octanol–water partition coefficient (Wildman–Crippen LogP) is 4.08. The summed E-state index contributed by atoms with van der Waals surface area (Å²) in [6.07, 6.45) is 0.753. The number of nitrogens with zero attached hydrogens (tertiary/aromatic N) is 2. The Morgan fingerprint density at radius 1 is 1.32 bits per heavy atom. The molecule has 0 radical (unpaired) electrons. The Morgan fingerprint density at radius 2 is 2.05 bits per heavy atom. The Hall–Kier alpha value is -1.55. The molecule has 4 nitrogen and oxygen atoms in total. The molecule has 2 heterocycles. The Balaban J connectivity index is 2.25. The average Bonchev–Trinajstić information content (AvgIpc) is 2.81. The van der Waals surface area contributed by atoms with Crippen molar-refractivity contribution in [2.45, 2.75) is 40.2 Å². The van der Waals surface area contributed by atoms with Crippen molar-refractivity contribution in [2.24, 2.45) is 0 Å². The molecule has 0 amide bonds. The largest absolute Gasteiger partial charge is 0.464 e. The lowest BCUT2D eigenvalue weighted by atomic mass is 10.2. The molecule has 1 unspecified atom stereocenters. The van der Waals surface area contributed by atoms with Crippen molar-refractivity contribution in [3.05, 3.63) is 40.2 Å². The fourth-order valence-electron chi connectivity index (χ4n) is 1.79. The standard InChI is InChI=1S/C14H18ClN3O/c1-5-12-17-13(15)9(3)14(18-12)16-10(4)11-7-6-8(2)19-11/h6-7,10H,5H2,1-4H3,(H,16,17,18). The van der Waals surface area contributed by atoms with Crippen LogP contribution in [-0.4, -0.2) is 9.97 Å². The van der Waals surface area contributed by atoms with E-state index < -0.39 is 0 Å². The molecule has 19 heavy (non-hydrogen) atoms. The van der Waals surface area contributed by atoms with Crippen molar-refractivity contribution in [3.8, 4) is 0 Å². The molecule has 1 N–H and O–H groups in total. The van der Waals surface area contributed by atoms with Gasteiger partial charge in [0.15, 0.2) is 0 Å². The van der Waals surface area contributed by atoms with Crippen LogP contribution in [0.25, 0.3) is 0 Å². The third-order valence-corrected chi connectivity index (χ3v) is 3.36. The van der Waals surface area contributed by atoms with Crippen LogP contribution in [0.15, 0.2) is 16.5 Å². The van der Waals surface area contributed by atoms with E-state index in [2.05, 4.69) is 15.3 Å². The Bertz CT molecular complexity index is 580. The van der Waals surface area contributed by atoms with Gasteiger partial charge in [0.25, 0.3) is 0 Å². The molecule has 0 aliphatic heterocycles. The van der Waals surface area contributed by atoms with Crippen molar-refractivity contribution in [3.63, 3.8) is 0 Å². The second-order valence-electron chi connectivity index (χ2n) is 4.57. The van der Waals surface area contributed by atoms with E-state index in [1.54, 1.807) is 0 Å². The number of rotatable bonds is 4. The third kappa shape index (κ3) is 3.07. The molecule has 102 valence electrons. The fourth-order valence-corrected chi connectivity index (χ4v) is 1.98. The summed E-state index contributed by atoms with van der Waals surface area (Å²) in [6, 6.07) is 3.94. The van der Waals surface area contributed by atoms with Gasteiger partial charge in [-0.2, -0.15) is 0 Å². The summed E-state index contributed by atoms with van der Waals surface area (Å²) in [5, 5.41) is 3.82. The number of halogens is 1. The maximum absolute atomic E-state index is 6.12. The minimum absolute atomic E-state index is 0.0306. The zero-order valence-electron chi connectivity index (χ0n) is 11.6. The Kier molecular flexibility index (Phi) is 4.10. The molecule has 1 atom stereocenters. The van der Waals surface area contributed by atoms with Crippen LogP contribution in [-0.2, 0) is 6.42 Å². The molecule has 2 rings (SSSR count). The Morgan fingerprint density at radius 3 is 2.63 bits per heavy atom. The lowest BCUT2D eigenvalue weighted by Gasteiger charge is -2.15. The van der Waals surface area contributed by atoms with E-state index in [4.69, 9.17) is 16.0 Å². The molecule has 0 aliphatic rings. The summed E-state index contributed by atoms with van der Waals surface area (Å²) < 4.78 is 5.61. The third-order valence-electron chi connectivity index (χ3n) is 2.99. The van der Waals surface area contributed by atoms with Gasteiger partial charge in [0, 0.05) is 12.0 Å². The van der Waals surface area contributed by atoms with Gasteiger partial charge in [0.05, 0.1) is 6.04 Å². The number of furan rings is 1. The predicted molar refractivity (Wildman–Crippen MR) is 76.6 cm³/mol. The highest BCUT2D eigenvalue weighted by atomic mass is 35.5. The first-order chi connectivity index (χ1) is 9.01. The van der Waals surface area contributed by atoms with Crippen molar-refractivity contribution in [2.75, 3.05) is 5.32 Å². The van der Waals surface area contributed by atoms with Crippen LogP contribution in [0.1, 0.15) is 42.8 Å². The van der Waals surface area contributed by atoms with Crippen LogP contribution in [0.3, 0.4) is 0 Å². The maximum atomic E-state index is 6.12. The first-order valence-corrected chi connectivity index (χ1v) is 6.75. The summed E-state index contributed by atoms with van der Waals surface area (Å²) >= 11 is 6.12. The van der Waals surface area contributed by atoms with Crippen molar-refractivity contribution in [1.29, 1.82) is 0 Å². The number of anilines is 1. The first kappa shape index (κ1) is 13.9. The zero-order valence-corrected chi connectivity index (χ0v) is 12.4. The number of hydrogen-bond donors (Lipinski definition) is 1. The van der Waals surface area contributed by atoms with Crippen LogP contribution in [0.5, 0.6) is 0 Å². The summed E-state index contributed by atoms with van der Waals surface area (Å²) in [7, 11) is 0. The lowest BCUT2D eigenvalue weighted by molar-refractivity contribution is 0.466. The van der Waals surface area contributed by atoms with E-state index in [-0.39, 0.29) is 6.04 Å². The minimum atomic E-state index is 0.0306. The van der Waals surface area contributed by atoms with E-state index in [9.17, 15) is 0 Å². The maximum Gasteiger partial charge on any atom is 0.137 e. The Labute approximate surface area is 118 Å².